The molecule has 2 nitrogen and oxygen atoms in total. The Kier molecular flexibility index (Phi) is 13.1. The summed E-state index contributed by atoms with van der Waals surface area (Å²) >= 11 is 0. The summed E-state index contributed by atoms with van der Waals surface area (Å²) in [5.41, 5.74) is 0. The van der Waals surface area contributed by atoms with E-state index in [2.05, 4.69) is 13.8 Å². The van der Waals surface area contributed by atoms with E-state index in [9.17, 15) is 0 Å². The zero-order valence-electron chi connectivity index (χ0n) is 13.4. The Balaban J connectivity index is 0.000000289. The van der Waals surface area contributed by atoms with Crippen LogP contribution in [0.1, 0.15) is 84.0 Å². The molecule has 0 saturated heterocycles. The van der Waals surface area contributed by atoms with Crippen LogP contribution in [0.2, 0.25) is 0 Å². The molecule has 0 aliphatic heterocycles. The number of rotatable bonds is 2. The third-order valence-corrected chi connectivity index (χ3v) is 4.27. The molecule has 0 aromatic heterocycles. The van der Waals surface area contributed by atoms with Gasteiger partial charge in [-0.1, -0.05) is 90.9 Å². The van der Waals surface area contributed by atoms with Crippen molar-refractivity contribution in [2.75, 3.05) is 0 Å². The van der Waals surface area contributed by atoms with Crippen molar-refractivity contribution >= 4 is 5.97 Å². The normalized spacial score (nSPS) is 20.1. The Morgan fingerprint density at radius 3 is 1.25 bits per heavy atom. The lowest BCUT2D eigenvalue weighted by atomic mass is 9.88. The molecule has 0 amide bonds. The van der Waals surface area contributed by atoms with Crippen molar-refractivity contribution in [3.8, 4) is 0 Å². The number of carboxylic acids is 1. The Labute approximate surface area is 126 Å². The average Bonchev–Trinajstić information content (AvgIpc) is 2.49. The molecule has 2 rings (SSSR count). The van der Waals surface area contributed by atoms with Crippen molar-refractivity contribution in [2.24, 2.45) is 11.8 Å². The smallest absolute Gasteiger partial charge is 0.300 e. The van der Waals surface area contributed by atoms with Gasteiger partial charge < -0.3 is 5.11 Å². The van der Waals surface area contributed by atoms with E-state index in [-0.39, 0.29) is 0 Å². The van der Waals surface area contributed by atoms with E-state index >= 15 is 0 Å². The third kappa shape index (κ3) is 12.5. The van der Waals surface area contributed by atoms with Crippen molar-refractivity contribution in [1.29, 1.82) is 0 Å². The summed E-state index contributed by atoms with van der Waals surface area (Å²) in [7, 11) is 0. The molecule has 2 saturated carbocycles. The van der Waals surface area contributed by atoms with Crippen LogP contribution in [-0.2, 0) is 4.79 Å². The molecule has 0 spiro atoms. The highest BCUT2D eigenvalue weighted by atomic mass is 16.4. The number of carboxylic acid groups (broad SMARTS) is 1. The molecular weight excluding hydrogens is 248 g/mol. The first-order chi connectivity index (χ1) is 9.60. The lowest BCUT2D eigenvalue weighted by Gasteiger charge is -2.18. The van der Waals surface area contributed by atoms with Gasteiger partial charge in [-0.3, -0.25) is 4.79 Å². The molecule has 2 aliphatic rings. The van der Waals surface area contributed by atoms with Crippen LogP contribution >= 0.6 is 0 Å². The van der Waals surface area contributed by atoms with E-state index in [0.29, 0.717) is 0 Å². The lowest BCUT2D eigenvalue weighted by molar-refractivity contribution is -0.134. The van der Waals surface area contributed by atoms with Gasteiger partial charge in [0.2, 0.25) is 0 Å². The highest BCUT2D eigenvalue weighted by Gasteiger charge is 2.10. The lowest BCUT2D eigenvalue weighted by Crippen LogP contribution is -2.03. The standard InChI is InChI=1S/2C8H15.C2H4O2/c2*1-2-8-6-4-3-5-7-8;1-2(3)4/h2*8H,1-7H2;1H3,(H,3,4). The first-order valence-electron chi connectivity index (χ1n) is 8.38. The van der Waals surface area contributed by atoms with Gasteiger partial charge in [-0.15, -0.1) is 0 Å². The van der Waals surface area contributed by atoms with Crippen LogP contribution in [-0.4, -0.2) is 11.1 Å². The van der Waals surface area contributed by atoms with E-state index in [1.165, 1.54) is 77.0 Å². The van der Waals surface area contributed by atoms with Gasteiger partial charge in [-0.2, -0.15) is 0 Å². The van der Waals surface area contributed by atoms with Gasteiger partial charge in [0, 0.05) is 6.92 Å². The molecule has 0 atom stereocenters. The van der Waals surface area contributed by atoms with Crippen LogP contribution < -0.4 is 0 Å². The van der Waals surface area contributed by atoms with Gasteiger partial charge in [0.15, 0.2) is 0 Å². The predicted molar refractivity (Wildman–Crippen MR) is 86.4 cm³/mol. The summed E-state index contributed by atoms with van der Waals surface area (Å²) in [4.78, 5) is 9.00. The Bertz CT molecular complexity index is 191. The van der Waals surface area contributed by atoms with Crippen molar-refractivity contribution < 1.29 is 9.90 Å². The largest absolute Gasteiger partial charge is 0.481 e. The molecule has 0 aromatic carbocycles. The van der Waals surface area contributed by atoms with Gasteiger partial charge >= 0.3 is 0 Å². The fourth-order valence-corrected chi connectivity index (χ4v) is 2.95. The number of hydrogen-bond acceptors (Lipinski definition) is 1. The number of hydrogen-bond donors (Lipinski definition) is 1. The summed E-state index contributed by atoms with van der Waals surface area (Å²) in [6.07, 6.45) is 16.9. The monoisotopic (exact) mass is 282 g/mol. The molecule has 0 heterocycles. The molecule has 1 N–H and O–H groups in total. The number of carbonyl (C=O) groups is 1. The Hall–Kier alpha value is -0.530. The summed E-state index contributed by atoms with van der Waals surface area (Å²) in [6, 6.07) is 0. The molecule has 118 valence electrons. The molecule has 0 aromatic rings. The molecule has 0 unspecified atom stereocenters. The van der Waals surface area contributed by atoms with E-state index in [0.717, 1.165) is 18.8 Å². The second kappa shape index (κ2) is 13.5. The van der Waals surface area contributed by atoms with Crippen molar-refractivity contribution in [1.82, 2.24) is 0 Å². The Morgan fingerprint density at radius 1 is 0.850 bits per heavy atom. The quantitative estimate of drug-likeness (QED) is 0.708. The molecule has 2 radical (unpaired) electrons. The highest BCUT2D eigenvalue weighted by molar-refractivity contribution is 5.62. The van der Waals surface area contributed by atoms with E-state index in [1.807, 2.05) is 0 Å². The SMILES string of the molecule is CC(=O)O.[CH2]CC1CCCCC1.[CH2]CC1CCCCC1. The van der Waals surface area contributed by atoms with E-state index in [1.54, 1.807) is 0 Å². The van der Waals surface area contributed by atoms with Crippen molar-refractivity contribution in [2.45, 2.75) is 84.0 Å². The van der Waals surface area contributed by atoms with Crippen LogP contribution in [0.5, 0.6) is 0 Å². The zero-order valence-corrected chi connectivity index (χ0v) is 13.4. The summed E-state index contributed by atoms with van der Waals surface area (Å²) in [5.74, 6) is 1.12. The van der Waals surface area contributed by atoms with Crippen molar-refractivity contribution in [3.05, 3.63) is 13.8 Å². The summed E-state index contributed by atoms with van der Waals surface area (Å²) in [5, 5.41) is 7.42. The molecule has 2 aliphatic carbocycles. The van der Waals surface area contributed by atoms with Crippen LogP contribution in [0.4, 0.5) is 0 Å². The first kappa shape index (κ1) is 19.5. The molecule has 2 heteroatoms. The van der Waals surface area contributed by atoms with Crippen LogP contribution in [0.15, 0.2) is 0 Å². The molecular formula is C18H34O2. The van der Waals surface area contributed by atoms with Gasteiger partial charge in [0.05, 0.1) is 0 Å². The number of aliphatic carboxylic acids is 1. The van der Waals surface area contributed by atoms with Crippen LogP contribution in [0.25, 0.3) is 0 Å². The van der Waals surface area contributed by atoms with Gasteiger partial charge in [0.25, 0.3) is 5.97 Å². The maximum atomic E-state index is 9.00. The van der Waals surface area contributed by atoms with Gasteiger partial charge in [0.1, 0.15) is 0 Å². The minimum Gasteiger partial charge on any atom is -0.481 e. The molecule has 0 bridgehead atoms. The van der Waals surface area contributed by atoms with Crippen LogP contribution in [0, 0.1) is 25.7 Å². The summed E-state index contributed by atoms with van der Waals surface area (Å²) in [6.45, 7) is 8.90. The predicted octanol–water partition coefficient (Wildman–Crippen LogP) is 5.67. The second-order valence-corrected chi connectivity index (χ2v) is 6.10. The third-order valence-electron chi connectivity index (χ3n) is 4.27. The fourth-order valence-electron chi connectivity index (χ4n) is 2.95. The topological polar surface area (TPSA) is 37.3 Å². The average molecular weight is 282 g/mol. The maximum absolute atomic E-state index is 9.00. The fraction of sp³-hybridized carbons (Fsp3) is 0.833. The second-order valence-electron chi connectivity index (χ2n) is 6.10. The van der Waals surface area contributed by atoms with Crippen LogP contribution in [0.3, 0.4) is 0 Å². The van der Waals surface area contributed by atoms with Gasteiger partial charge in [-0.25, -0.2) is 0 Å². The first-order valence-corrected chi connectivity index (χ1v) is 8.38. The minimum absolute atomic E-state index is 0.833. The Morgan fingerprint density at radius 2 is 1.10 bits per heavy atom. The van der Waals surface area contributed by atoms with Gasteiger partial charge in [-0.05, 0) is 11.8 Å². The maximum Gasteiger partial charge on any atom is 0.300 e. The van der Waals surface area contributed by atoms with E-state index < -0.39 is 5.97 Å². The minimum atomic E-state index is -0.833. The molecule has 2 fully saturated rings. The summed E-state index contributed by atoms with van der Waals surface area (Å²) < 4.78 is 0. The van der Waals surface area contributed by atoms with Crippen molar-refractivity contribution in [3.63, 3.8) is 0 Å². The zero-order chi connectivity index (χ0) is 15.2. The highest BCUT2D eigenvalue weighted by Crippen LogP contribution is 2.25. The van der Waals surface area contributed by atoms with E-state index in [4.69, 9.17) is 9.90 Å². The molecule has 20 heavy (non-hydrogen) atoms.